The number of benzene rings is 2. The van der Waals surface area contributed by atoms with Gasteiger partial charge in [0, 0.05) is 10.7 Å². The summed E-state index contributed by atoms with van der Waals surface area (Å²) >= 11 is 7.26. The van der Waals surface area contributed by atoms with E-state index in [-0.39, 0.29) is 11.2 Å². The zero-order valence-electron chi connectivity index (χ0n) is 14.5. The number of rotatable bonds is 6. The van der Waals surface area contributed by atoms with Crippen LogP contribution in [0.25, 0.3) is 0 Å². The van der Waals surface area contributed by atoms with Gasteiger partial charge < -0.3 is 9.88 Å². The van der Waals surface area contributed by atoms with Crippen molar-refractivity contribution >= 4 is 35.0 Å². The highest BCUT2D eigenvalue weighted by Crippen LogP contribution is 2.24. The molecule has 134 valence electrons. The lowest BCUT2D eigenvalue weighted by atomic mass is 10.2. The average Bonchev–Trinajstić information content (AvgIpc) is 2.98. The highest BCUT2D eigenvalue weighted by Gasteiger charge is 2.19. The lowest BCUT2D eigenvalue weighted by Crippen LogP contribution is -2.23. The number of anilines is 1. The van der Waals surface area contributed by atoms with Crippen LogP contribution < -0.4 is 5.32 Å². The molecule has 1 amide bonds. The molecule has 0 aliphatic rings. The van der Waals surface area contributed by atoms with Crippen LogP contribution in [0.5, 0.6) is 0 Å². The van der Waals surface area contributed by atoms with E-state index in [2.05, 4.69) is 27.6 Å². The number of nitrogens with one attached hydrogen (secondary N) is 1. The van der Waals surface area contributed by atoms with Crippen LogP contribution in [-0.2, 0) is 11.3 Å². The SMILES string of the molecule is Cc1nnc(SC(C)C(=O)Nc2ccc(Cl)cc2)n1Cc1ccccc1. The number of thioether (sulfide) groups is 1. The van der Waals surface area contributed by atoms with Crippen molar-refractivity contribution in [1.82, 2.24) is 14.8 Å². The first-order chi connectivity index (χ1) is 12.5. The Morgan fingerprint density at radius 2 is 1.85 bits per heavy atom. The Balaban J connectivity index is 1.68. The number of hydrogen-bond donors (Lipinski definition) is 1. The normalized spacial score (nSPS) is 12.0. The van der Waals surface area contributed by atoms with Crippen LogP contribution in [0.1, 0.15) is 18.3 Å². The van der Waals surface area contributed by atoms with Crippen LogP contribution >= 0.6 is 23.4 Å². The fourth-order valence-electron chi connectivity index (χ4n) is 2.39. The van der Waals surface area contributed by atoms with Crippen molar-refractivity contribution in [3.63, 3.8) is 0 Å². The molecule has 2 aromatic carbocycles. The van der Waals surface area contributed by atoms with Crippen LogP contribution in [-0.4, -0.2) is 25.9 Å². The largest absolute Gasteiger partial charge is 0.325 e. The number of halogens is 1. The Labute approximate surface area is 161 Å². The Bertz CT molecular complexity index is 880. The van der Waals surface area contributed by atoms with Gasteiger partial charge in [0.2, 0.25) is 5.91 Å². The highest BCUT2D eigenvalue weighted by molar-refractivity contribution is 8.00. The summed E-state index contributed by atoms with van der Waals surface area (Å²) in [4.78, 5) is 12.5. The third kappa shape index (κ3) is 4.65. The van der Waals surface area contributed by atoms with Gasteiger partial charge >= 0.3 is 0 Å². The van der Waals surface area contributed by atoms with Crippen molar-refractivity contribution < 1.29 is 4.79 Å². The van der Waals surface area contributed by atoms with Gasteiger partial charge in [-0.05, 0) is 43.7 Å². The Hall–Kier alpha value is -2.31. The minimum atomic E-state index is -0.316. The molecule has 3 aromatic rings. The lowest BCUT2D eigenvalue weighted by molar-refractivity contribution is -0.115. The van der Waals surface area contributed by atoms with E-state index in [9.17, 15) is 4.79 Å². The van der Waals surface area contributed by atoms with E-state index in [0.717, 1.165) is 16.5 Å². The maximum atomic E-state index is 12.5. The number of nitrogens with zero attached hydrogens (tertiary/aromatic N) is 3. The summed E-state index contributed by atoms with van der Waals surface area (Å²) < 4.78 is 2.02. The van der Waals surface area contributed by atoms with Gasteiger partial charge in [0.15, 0.2) is 5.16 Å². The van der Waals surface area contributed by atoms with Crippen LogP contribution in [0, 0.1) is 6.92 Å². The number of carbonyl (C=O) groups is 1. The quantitative estimate of drug-likeness (QED) is 0.637. The minimum Gasteiger partial charge on any atom is -0.325 e. The number of aromatic nitrogens is 3. The van der Waals surface area contributed by atoms with Gasteiger partial charge in [-0.25, -0.2) is 0 Å². The van der Waals surface area contributed by atoms with Gasteiger partial charge in [-0.2, -0.15) is 0 Å². The molecule has 0 spiro atoms. The average molecular weight is 387 g/mol. The third-order valence-electron chi connectivity index (χ3n) is 3.85. The molecule has 0 aliphatic carbocycles. The first-order valence-electron chi connectivity index (χ1n) is 8.20. The maximum absolute atomic E-state index is 12.5. The van der Waals surface area contributed by atoms with Crippen LogP contribution in [0.15, 0.2) is 59.8 Å². The number of carbonyl (C=O) groups excluding carboxylic acids is 1. The number of amides is 1. The Kier molecular flexibility index (Phi) is 5.96. The molecule has 1 heterocycles. The smallest absolute Gasteiger partial charge is 0.237 e. The molecule has 0 saturated carbocycles. The summed E-state index contributed by atoms with van der Waals surface area (Å²) in [6, 6.07) is 17.2. The summed E-state index contributed by atoms with van der Waals surface area (Å²) in [7, 11) is 0. The summed E-state index contributed by atoms with van der Waals surface area (Å²) in [5.74, 6) is 0.728. The molecule has 0 bridgehead atoms. The fourth-order valence-corrected chi connectivity index (χ4v) is 3.41. The van der Waals surface area contributed by atoms with Crippen molar-refractivity contribution in [3.05, 3.63) is 71.0 Å². The van der Waals surface area contributed by atoms with E-state index in [1.807, 2.05) is 36.6 Å². The Morgan fingerprint density at radius 3 is 2.54 bits per heavy atom. The van der Waals surface area contributed by atoms with Crippen LogP contribution in [0.2, 0.25) is 5.02 Å². The van der Waals surface area contributed by atoms with Crippen LogP contribution in [0.3, 0.4) is 0 Å². The van der Waals surface area contributed by atoms with E-state index in [1.54, 1.807) is 24.3 Å². The molecule has 0 fully saturated rings. The van der Waals surface area contributed by atoms with Crippen molar-refractivity contribution in [2.75, 3.05) is 5.32 Å². The Morgan fingerprint density at radius 1 is 1.15 bits per heavy atom. The van der Waals surface area contributed by atoms with Gasteiger partial charge in [-0.3, -0.25) is 4.79 Å². The number of hydrogen-bond acceptors (Lipinski definition) is 4. The fraction of sp³-hybridized carbons (Fsp3) is 0.211. The van der Waals surface area contributed by atoms with Crippen molar-refractivity contribution in [3.8, 4) is 0 Å². The van der Waals surface area contributed by atoms with Crippen LogP contribution in [0.4, 0.5) is 5.69 Å². The van der Waals surface area contributed by atoms with Crippen molar-refractivity contribution in [2.24, 2.45) is 0 Å². The molecule has 0 radical (unpaired) electrons. The topological polar surface area (TPSA) is 59.8 Å². The molecule has 0 aliphatic heterocycles. The highest BCUT2D eigenvalue weighted by atomic mass is 35.5. The first kappa shape index (κ1) is 18.5. The molecule has 5 nitrogen and oxygen atoms in total. The van der Waals surface area contributed by atoms with Gasteiger partial charge in [-0.15, -0.1) is 10.2 Å². The van der Waals surface area contributed by atoms with E-state index >= 15 is 0 Å². The summed E-state index contributed by atoms with van der Waals surface area (Å²) in [5.41, 5.74) is 1.88. The molecular weight excluding hydrogens is 368 g/mol. The lowest BCUT2D eigenvalue weighted by Gasteiger charge is -2.13. The summed E-state index contributed by atoms with van der Waals surface area (Å²) in [5, 5.41) is 12.3. The second-order valence-electron chi connectivity index (χ2n) is 5.86. The summed E-state index contributed by atoms with van der Waals surface area (Å²) in [6.45, 7) is 4.44. The molecule has 1 atom stereocenters. The predicted molar refractivity (Wildman–Crippen MR) is 106 cm³/mol. The van der Waals surface area contributed by atoms with Gasteiger partial charge in [-0.1, -0.05) is 53.7 Å². The minimum absolute atomic E-state index is 0.0933. The zero-order valence-corrected chi connectivity index (χ0v) is 16.1. The molecule has 1 N–H and O–H groups in total. The molecule has 3 rings (SSSR count). The van der Waals surface area contributed by atoms with Crippen molar-refractivity contribution in [1.29, 1.82) is 0 Å². The van der Waals surface area contributed by atoms with Crippen molar-refractivity contribution in [2.45, 2.75) is 30.8 Å². The predicted octanol–water partition coefficient (Wildman–Crippen LogP) is 4.41. The second kappa shape index (κ2) is 8.38. The van der Waals surface area contributed by atoms with E-state index in [1.165, 1.54) is 11.8 Å². The van der Waals surface area contributed by atoms with Gasteiger partial charge in [0.05, 0.1) is 11.8 Å². The molecule has 0 saturated heterocycles. The molecule has 26 heavy (non-hydrogen) atoms. The molecular formula is C19H19ClN4OS. The molecule has 7 heteroatoms. The zero-order chi connectivity index (χ0) is 18.5. The first-order valence-corrected chi connectivity index (χ1v) is 9.45. The van der Waals surface area contributed by atoms with E-state index in [4.69, 9.17) is 11.6 Å². The van der Waals surface area contributed by atoms with Gasteiger partial charge in [0.25, 0.3) is 0 Å². The van der Waals surface area contributed by atoms with Gasteiger partial charge in [0.1, 0.15) is 5.82 Å². The maximum Gasteiger partial charge on any atom is 0.237 e. The molecule has 1 unspecified atom stereocenters. The monoisotopic (exact) mass is 386 g/mol. The van der Waals surface area contributed by atoms with E-state index < -0.39 is 0 Å². The standard InChI is InChI=1S/C19H19ClN4OS/c1-13(18(25)21-17-10-8-16(20)9-11-17)26-19-23-22-14(2)24(19)12-15-6-4-3-5-7-15/h3-11,13H,12H2,1-2H3,(H,21,25). The summed E-state index contributed by atoms with van der Waals surface area (Å²) in [6.07, 6.45) is 0. The molecule has 1 aromatic heterocycles. The van der Waals surface area contributed by atoms with E-state index in [0.29, 0.717) is 17.3 Å². The third-order valence-corrected chi connectivity index (χ3v) is 5.18. The second-order valence-corrected chi connectivity index (χ2v) is 7.60. The number of aryl methyl sites for hydroxylation is 1.